The smallest absolute Gasteiger partial charge is 0.226 e. The number of amides is 1. The van der Waals surface area contributed by atoms with Crippen LogP contribution in [0.4, 0.5) is 5.13 Å². The van der Waals surface area contributed by atoms with Gasteiger partial charge in [-0.05, 0) is 12.8 Å². The molecule has 0 fully saturated rings. The van der Waals surface area contributed by atoms with E-state index in [0.29, 0.717) is 11.6 Å². The maximum Gasteiger partial charge on any atom is 0.226 e. The van der Waals surface area contributed by atoms with Crippen LogP contribution in [0, 0.1) is 5.92 Å². The second-order valence-corrected chi connectivity index (χ2v) is 8.40. The molecule has 0 saturated heterocycles. The van der Waals surface area contributed by atoms with Gasteiger partial charge in [0.25, 0.3) is 0 Å². The van der Waals surface area contributed by atoms with Gasteiger partial charge in [-0.15, -0.1) is 11.3 Å². The second-order valence-electron chi connectivity index (χ2n) is 6.44. The van der Waals surface area contributed by atoms with Gasteiger partial charge in [-0.3, -0.25) is 9.59 Å². The van der Waals surface area contributed by atoms with Gasteiger partial charge in [0.15, 0.2) is 10.2 Å². The average Bonchev–Trinajstić information content (AvgIpc) is 3.09. The van der Waals surface area contributed by atoms with E-state index in [1.54, 1.807) is 0 Å². The average molecular weight is 391 g/mol. The van der Waals surface area contributed by atoms with E-state index >= 15 is 0 Å². The van der Waals surface area contributed by atoms with Gasteiger partial charge in [0.1, 0.15) is 0 Å². The normalized spacial score (nSPS) is 10.9. The number of hydrogen-bond acceptors (Lipinski definition) is 5. The number of thiazole rings is 1. The van der Waals surface area contributed by atoms with Gasteiger partial charge in [0.05, 0.1) is 5.69 Å². The molecule has 1 amide bonds. The molecule has 0 unspecified atom stereocenters. The number of unbranched alkanes of at least 4 members (excludes halogenated alkanes) is 3. The minimum Gasteiger partial charge on any atom is -0.302 e. The molecule has 0 radical (unpaired) electrons. The Morgan fingerprint density at radius 3 is 2.58 bits per heavy atom. The first kappa shape index (κ1) is 20.6. The summed E-state index contributed by atoms with van der Waals surface area (Å²) in [5.41, 5.74) is 1.94. The van der Waals surface area contributed by atoms with Gasteiger partial charge >= 0.3 is 0 Å². The predicted molar refractivity (Wildman–Crippen MR) is 112 cm³/mol. The largest absolute Gasteiger partial charge is 0.302 e. The van der Waals surface area contributed by atoms with Crippen molar-refractivity contribution in [2.24, 2.45) is 5.92 Å². The molecule has 0 atom stereocenters. The zero-order valence-corrected chi connectivity index (χ0v) is 17.0. The first-order valence-electron chi connectivity index (χ1n) is 9.03. The van der Waals surface area contributed by atoms with Crippen molar-refractivity contribution >= 4 is 39.3 Å². The van der Waals surface area contributed by atoms with Crippen LogP contribution < -0.4 is 5.32 Å². The van der Waals surface area contributed by atoms with Gasteiger partial charge < -0.3 is 5.32 Å². The summed E-state index contributed by atoms with van der Waals surface area (Å²) in [7, 11) is 0. The number of rotatable bonds is 10. The molecule has 0 saturated carbocycles. The van der Waals surface area contributed by atoms with Crippen LogP contribution in [0.1, 0.15) is 46.0 Å². The fraction of sp³-hybridized carbons (Fsp3) is 0.450. The Morgan fingerprint density at radius 1 is 1.12 bits per heavy atom. The van der Waals surface area contributed by atoms with E-state index < -0.39 is 0 Å². The first-order chi connectivity index (χ1) is 12.6. The highest BCUT2D eigenvalue weighted by molar-refractivity contribution is 8.13. The van der Waals surface area contributed by atoms with Crippen LogP contribution in [0.15, 0.2) is 35.7 Å². The molecule has 1 N–H and O–H groups in total. The second kappa shape index (κ2) is 11.1. The summed E-state index contributed by atoms with van der Waals surface area (Å²) < 4.78 is 0. The summed E-state index contributed by atoms with van der Waals surface area (Å²) >= 11 is 2.88. The lowest BCUT2D eigenvalue weighted by Crippen LogP contribution is -2.10. The minimum absolute atomic E-state index is 0.0170. The SMILES string of the molecule is CC(C)C(=O)SCCCCCCC(=O)Nc1nc(-c2ccccc2)cs1. The van der Waals surface area contributed by atoms with Crippen LogP contribution >= 0.6 is 23.1 Å². The lowest BCUT2D eigenvalue weighted by atomic mass is 10.1. The summed E-state index contributed by atoms with van der Waals surface area (Å²) in [6, 6.07) is 9.94. The number of nitrogens with zero attached hydrogens (tertiary/aromatic N) is 1. The van der Waals surface area contributed by atoms with Crippen LogP contribution in [-0.2, 0) is 9.59 Å². The summed E-state index contributed by atoms with van der Waals surface area (Å²) in [5, 5.41) is 5.76. The third kappa shape index (κ3) is 7.30. The van der Waals surface area contributed by atoms with E-state index in [-0.39, 0.29) is 16.9 Å². The molecule has 0 aliphatic carbocycles. The standard InChI is InChI=1S/C20H26N2O2S2/c1-15(2)19(24)25-13-9-4-3-8-12-18(23)22-20-21-17(14-26-20)16-10-6-5-7-11-16/h5-7,10-11,14-15H,3-4,8-9,12-13H2,1-2H3,(H,21,22,23). The van der Waals surface area contributed by atoms with Crippen molar-refractivity contribution in [3.8, 4) is 11.3 Å². The monoisotopic (exact) mass is 390 g/mol. The van der Waals surface area contributed by atoms with Gasteiger partial charge in [-0.2, -0.15) is 0 Å². The third-order valence-corrected chi connectivity index (χ3v) is 5.84. The number of aromatic nitrogens is 1. The highest BCUT2D eigenvalue weighted by Gasteiger charge is 2.09. The molecule has 1 aromatic carbocycles. The number of anilines is 1. The highest BCUT2D eigenvalue weighted by Crippen LogP contribution is 2.24. The number of hydrogen-bond donors (Lipinski definition) is 1. The van der Waals surface area contributed by atoms with Crippen LogP contribution in [-0.4, -0.2) is 21.8 Å². The summed E-state index contributed by atoms with van der Waals surface area (Å²) in [5.74, 6) is 1.00. The van der Waals surface area contributed by atoms with E-state index in [1.165, 1.54) is 23.1 Å². The maximum atomic E-state index is 12.0. The first-order valence-corrected chi connectivity index (χ1v) is 10.9. The number of nitrogens with one attached hydrogen (secondary N) is 1. The van der Waals surface area contributed by atoms with Crippen LogP contribution in [0.3, 0.4) is 0 Å². The van der Waals surface area contributed by atoms with Crippen molar-refractivity contribution in [1.29, 1.82) is 0 Å². The molecule has 26 heavy (non-hydrogen) atoms. The highest BCUT2D eigenvalue weighted by atomic mass is 32.2. The fourth-order valence-electron chi connectivity index (χ4n) is 2.34. The van der Waals surface area contributed by atoms with Crippen molar-refractivity contribution < 1.29 is 9.59 Å². The molecule has 0 spiro atoms. The zero-order chi connectivity index (χ0) is 18.8. The van der Waals surface area contributed by atoms with Crippen molar-refractivity contribution in [3.05, 3.63) is 35.7 Å². The summed E-state index contributed by atoms with van der Waals surface area (Å²) in [6.45, 7) is 3.86. The molecule has 2 aromatic rings. The molecule has 2 rings (SSSR count). The molecule has 140 valence electrons. The molecule has 6 heteroatoms. The molecule has 4 nitrogen and oxygen atoms in total. The van der Waals surface area contributed by atoms with Crippen molar-refractivity contribution in [1.82, 2.24) is 4.98 Å². The lowest BCUT2D eigenvalue weighted by molar-refractivity contribution is -0.116. The van der Waals surface area contributed by atoms with E-state index in [9.17, 15) is 9.59 Å². The van der Waals surface area contributed by atoms with Gasteiger partial charge in [-0.1, -0.05) is 68.8 Å². The number of benzene rings is 1. The van der Waals surface area contributed by atoms with Crippen LogP contribution in [0.2, 0.25) is 0 Å². The van der Waals surface area contributed by atoms with E-state index in [4.69, 9.17) is 0 Å². The molecule has 1 heterocycles. The Kier molecular flexibility index (Phi) is 8.85. The van der Waals surface area contributed by atoms with Gasteiger partial charge in [0, 0.05) is 29.0 Å². The molecule has 0 aliphatic rings. The summed E-state index contributed by atoms with van der Waals surface area (Å²) in [6.07, 6.45) is 4.47. The van der Waals surface area contributed by atoms with Gasteiger partial charge in [-0.25, -0.2) is 4.98 Å². The van der Waals surface area contributed by atoms with Crippen LogP contribution in [0.5, 0.6) is 0 Å². The molecular weight excluding hydrogens is 364 g/mol. The fourth-order valence-corrected chi connectivity index (χ4v) is 3.95. The van der Waals surface area contributed by atoms with E-state index in [1.807, 2.05) is 49.6 Å². The number of carbonyl (C=O) groups is 2. The Balaban J connectivity index is 1.60. The van der Waals surface area contributed by atoms with Gasteiger partial charge in [0.2, 0.25) is 5.91 Å². The van der Waals surface area contributed by atoms with E-state index in [2.05, 4.69) is 10.3 Å². The van der Waals surface area contributed by atoms with Crippen molar-refractivity contribution in [2.75, 3.05) is 11.1 Å². The van der Waals surface area contributed by atoms with Crippen molar-refractivity contribution in [3.63, 3.8) is 0 Å². The Bertz CT molecular complexity index is 699. The van der Waals surface area contributed by atoms with E-state index in [0.717, 1.165) is 42.7 Å². The number of thioether (sulfide) groups is 1. The quantitative estimate of drug-likeness (QED) is 0.535. The minimum atomic E-state index is 0.0170. The van der Waals surface area contributed by atoms with Crippen LogP contribution in [0.25, 0.3) is 11.3 Å². The Hall–Kier alpha value is -1.66. The molecule has 0 aliphatic heterocycles. The zero-order valence-electron chi connectivity index (χ0n) is 15.4. The molecular formula is C20H26N2O2S2. The molecule has 0 bridgehead atoms. The maximum absolute atomic E-state index is 12.0. The molecule has 1 aromatic heterocycles. The predicted octanol–water partition coefficient (Wildman–Crippen LogP) is 5.61. The Morgan fingerprint density at radius 2 is 1.85 bits per heavy atom. The topological polar surface area (TPSA) is 59.1 Å². The summed E-state index contributed by atoms with van der Waals surface area (Å²) in [4.78, 5) is 28.0. The van der Waals surface area contributed by atoms with Crippen molar-refractivity contribution in [2.45, 2.75) is 46.0 Å². The third-order valence-electron chi connectivity index (χ3n) is 3.83. The number of carbonyl (C=O) groups excluding carboxylic acids is 2. The Labute approximate surface area is 163 Å². The lowest BCUT2D eigenvalue weighted by Gasteiger charge is -2.04.